The number of aromatic nitrogens is 4. The Bertz CT molecular complexity index is 1680. The van der Waals surface area contributed by atoms with Gasteiger partial charge in [-0.2, -0.15) is 4.98 Å². The Labute approximate surface area is 220 Å². The number of ether oxygens (including phenoxy) is 2. The molecular formula is C25H25ClN6O6. The Morgan fingerprint density at radius 3 is 2.39 bits per heavy atom. The molecule has 2 aromatic heterocycles. The molecule has 0 saturated carbocycles. The van der Waals surface area contributed by atoms with Gasteiger partial charge in [0.2, 0.25) is 5.28 Å². The Kier molecular flexibility index (Phi) is 7.00. The minimum Gasteiger partial charge on any atom is -0.490 e. The lowest BCUT2D eigenvalue weighted by atomic mass is 10.1. The molecule has 1 aliphatic heterocycles. The van der Waals surface area contributed by atoms with Crippen LogP contribution < -0.4 is 26.0 Å². The first kappa shape index (κ1) is 25.6. The number of fused-ring (bicyclic) bond motifs is 2. The average Bonchev–Trinajstić information content (AvgIpc) is 2.90. The minimum absolute atomic E-state index is 0.0242. The number of nitro benzene ring substituents is 1. The maximum Gasteiger partial charge on any atom is 0.337 e. The molecule has 0 unspecified atom stereocenters. The van der Waals surface area contributed by atoms with Crippen molar-refractivity contribution in [2.24, 2.45) is 0 Å². The van der Waals surface area contributed by atoms with E-state index in [0.29, 0.717) is 61.5 Å². The van der Waals surface area contributed by atoms with Crippen molar-refractivity contribution in [2.75, 3.05) is 26.3 Å². The molecule has 0 spiro atoms. The van der Waals surface area contributed by atoms with Crippen LogP contribution >= 0.6 is 11.6 Å². The largest absolute Gasteiger partial charge is 0.490 e. The fourth-order valence-electron chi connectivity index (χ4n) is 4.82. The van der Waals surface area contributed by atoms with E-state index in [1.807, 2.05) is 13.8 Å². The summed E-state index contributed by atoms with van der Waals surface area (Å²) in [7, 11) is 0. The van der Waals surface area contributed by atoms with Crippen molar-refractivity contribution in [2.45, 2.75) is 32.7 Å². The summed E-state index contributed by atoms with van der Waals surface area (Å²) in [5.41, 5.74) is -0.907. The molecule has 12 nitrogen and oxygen atoms in total. The Hall–Kier alpha value is -4.03. The first-order chi connectivity index (χ1) is 18.3. The number of nitrogens with one attached hydrogen (secondary N) is 1. The third-order valence-electron chi connectivity index (χ3n) is 6.48. The van der Waals surface area contributed by atoms with Gasteiger partial charge in [-0.3, -0.25) is 19.5 Å². The fraction of sp³-hybridized carbons (Fsp3) is 0.360. The molecule has 1 fully saturated rings. The topological polar surface area (TPSA) is 143 Å². The van der Waals surface area contributed by atoms with Gasteiger partial charge in [-0.1, -0.05) is 0 Å². The molecule has 0 amide bonds. The van der Waals surface area contributed by atoms with Crippen LogP contribution in [0.1, 0.15) is 32.7 Å². The van der Waals surface area contributed by atoms with E-state index in [9.17, 15) is 19.7 Å². The molecule has 3 heterocycles. The van der Waals surface area contributed by atoms with Crippen molar-refractivity contribution in [3.05, 3.63) is 66.6 Å². The molecule has 0 atom stereocenters. The van der Waals surface area contributed by atoms with Crippen LogP contribution in [0.25, 0.3) is 27.6 Å². The number of non-ortho nitro benzene ring substituents is 1. The van der Waals surface area contributed by atoms with Crippen LogP contribution in [0.5, 0.6) is 11.5 Å². The van der Waals surface area contributed by atoms with Crippen LogP contribution in [-0.4, -0.2) is 50.3 Å². The molecule has 38 heavy (non-hydrogen) atoms. The number of benzene rings is 2. The van der Waals surface area contributed by atoms with Gasteiger partial charge >= 0.3 is 5.69 Å². The Balaban J connectivity index is 1.90. The van der Waals surface area contributed by atoms with E-state index in [2.05, 4.69) is 15.3 Å². The van der Waals surface area contributed by atoms with Crippen LogP contribution in [0.2, 0.25) is 5.28 Å². The van der Waals surface area contributed by atoms with E-state index in [0.717, 1.165) is 0 Å². The van der Waals surface area contributed by atoms with Crippen molar-refractivity contribution in [3.63, 3.8) is 0 Å². The molecule has 198 valence electrons. The molecule has 5 rings (SSSR count). The summed E-state index contributed by atoms with van der Waals surface area (Å²) >= 11 is 6.32. The summed E-state index contributed by atoms with van der Waals surface area (Å²) in [6, 6.07) is 6.74. The zero-order chi connectivity index (χ0) is 27.0. The van der Waals surface area contributed by atoms with Crippen molar-refractivity contribution < 1.29 is 14.4 Å². The second-order valence-electron chi connectivity index (χ2n) is 8.73. The van der Waals surface area contributed by atoms with Gasteiger partial charge in [0, 0.05) is 29.6 Å². The highest BCUT2D eigenvalue weighted by Crippen LogP contribution is 2.35. The van der Waals surface area contributed by atoms with Gasteiger partial charge in [-0.15, -0.1) is 0 Å². The number of halogens is 1. The quantitative estimate of drug-likeness (QED) is 0.212. The monoisotopic (exact) mass is 540 g/mol. The third kappa shape index (κ3) is 4.45. The molecule has 0 aliphatic carbocycles. The summed E-state index contributed by atoms with van der Waals surface area (Å²) in [5, 5.41) is 15.1. The summed E-state index contributed by atoms with van der Waals surface area (Å²) in [5.74, 6) is 0.999. The predicted octanol–water partition coefficient (Wildman–Crippen LogP) is 3.38. The number of nitrogens with zero attached hydrogens (tertiary/aromatic N) is 5. The third-order valence-corrected chi connectivity index (χ3v) is 6.65. The summed E-state index contributed by atoms with van der Waals surface area (Å²) in [6.45, 7) is 5.68. The zero-order valence-electron chi connectivity index (χ0n) is 20.8. The Morgan fingerprint density at radius 1 is 1.05 bits per heavy atom. The van der Waals surface area contributed by atoms with Gasteiger partial charge in [-0.25, -0.2) is 14.3 Å². The lowest BCUT2D eigenvalue weighted by Gasteiger charge is -2.25. The first-order valence-corrected chi connectivity index (χ1v) is 12.7. The van der Waals surface area contributed by atoms with Gasteiger partial charge in [0.1, 0.15) is 0 Å². The second-order valence-corrected chi connectivity index (χ2v) is 9.07. The molecule has 0 radical (unpaired) electrons. The molecule has 2 aromatic carbocycles. The number of piperidine rings is 1. The smallest absolute Gasteiger partial charge is 0.337 e. The minimum atomic E-state index is -0.619. The van der Waals surface area contributed by atoms with E-state index in [1.165, 1.54) is 27.3 Å². The van der Waals surface area contributed by atoms with Crippen LogP contribution in [0.4, 0.5) is 5.69 Å². The number of rotatable bonds is 7. The summed E-state index contributed by atoms with van der Waals surface area (Å²) in [4.78, 5) is 47.3. The lowest BCUT2D eigenvalue weighted by Crippen LogP contribution is -2.45. The fourth-order valence-corrected chi connectivity index (χ4v) is 4.99. The van der Waals surface area contributed by atoms with Crippen molar-refractivity contribution in [3.8, 4) is 17.3 Å². The van der Waals surface area contributed by atoms with Gasteiger partial charge in [0.25, 0.3) is 11.2 Å². The van der Waals surface area contributed by atoms with E-state index in [1.54, 1.807) is 12.1 Å². The molecule has 4 aromatic rings. The van der Waals surface area contributed by atoms with E-state index < -0.39 is 22.2 Å². The summed E-state index contributed by atoms with van der Waals surface area (Å²) in [6.07, 6.45) is 1.10. The predicted molar refractivity (Wildman–Crippen MR) is 142 cm³/mol. The van der Waals surface area contributed by atoms with E-state index in [-0.39, 0.29) is 27.7 Å². The van der Waals surface area contributed by atoms with Gasteiger partial charge < -0.3 is 14.8 Å². The van der Waals surface area contributed by atoms with Crippen LogP contribution in [-0.2, 0) is 0 Å². The maximum absolute atomic E-state index is 14.1. The highest BCUT2D eigenvalue weighted by molar-refractivity contribution is 6.28. The SMILES string of the molecule is CCOc1cc2nc(Cl)nc(-n3c(=O)n(C4CCNCC4)c(=O)c4cc([N+](=O)[O-])ccc43)c2cc1OCC. The second kappa shape index (κ2) is 10.4. The normalized spacial score (nSPS) is 14.2. The number of hydrogen-bond donors (Lipinski definition) is 1. The van der Waals surface area contributed by atoms with Crippen molar-refractivity contribution in [1.82, 2.24) is 24.4 Å². The van der Waals surface area contributed by atoms with Crippen LogP contribution in [0.15, 0.2) is 39.9 Å². The first-order valence-electron chi connectivity index (χ1n) is 12.3. The Morgan fingerprint density at radius 2 is 1.74 bits per heavy atom. The highest BCUT2D eigenvalue weighted by Gasteiger charge is 2.26. The molecule has 13 heteroatoms. The zero-order valence-corrected chi connectivity index (χ0v) is 21.5. The standard InChI is InChI=1S/C25H25ClN6O6/c1-3-37-20-12-16-18(13-21(20)38-4-2)28-24(26)29-22(16)31-19-6-5-15(32(35)36)11-17(19)23(33)30(25(31)34)14-7-9-27-10-8-14/h5-6,11-14,27H,3-4,7-10H2,1-2H3. The summed E-state index contributed by atoms with van der Waals surface area (Å²) < 4.78 is 13.9. The lowest BCUT2D eigenvalue weighted by molar-refractivity contribution is -0.384. The molecule has 1 N–H and O–H groups in total. The highest BCUT2D eigenvalue weighted by atomic mass is 35.5. The van der Waals surface area contributed by atoms with Crippen LogP contribution in [0, 0.1) is 10.1 Å². The van der Waals surface area contributed by atoms with Crippen LogP contribution in [0.3, 0.4) is 0 Å². The van der Waals surface area contributed by atoms with Gasteiger partial charge in [-0.05, 0) is 63.5 Å². The molecule has 1 saturated heterocycles. The molecular weight excluding hydrogens is 516 g/mol. The van der Waals surface area contributed by atoms with Gasteiger partial charge in [0.05, 0.1) is 34.6 Å². The molecule has 0 bridgehead atoms. The van der Waals surface area contributed by atoms with Crippen molar-refractivity contribution in [1.29, 1.82) is 0 Å². The number of hydrogen-bond acceptors (Lipinski definition) is 9. The van der Waals surface area contributed by atoms with E-state index in [4.69, 9.17) is 21.1 Å². The average molecular weight is 541 g/mol. The maximum atomic E-state index is 14.1. The number of nitro groups is 1. The van der Waals surface area contributed by atoms with E-state index >= 15 is 0 Å². The molecule has 1 aliphatic rings. The van der Waals surface area contributed by atoms with Crippen molar-refractivity contribution >= 4 is 39.1 Å². The van der Waals surface area contributed by atoms with Gasteiger partial charge in [0.15, 0.2) is 17.3 Å².